The van der Waals surface area contributed by atoms with Crippen LogP contribution in [0, 0.1) is 5.82 Å². The van der Waals surface area contributed by atoms with Crippen molar-refractivity contribution >= 4 is 17.3 Å². The average molecular weight is 361 g/mol. The van der Waals surface area contributed by atoms with Gasteiger partial charge in [0, 0.05) is 44.6 Å². The van der Waals surface area contributed by atoms with E-state index in [1.54, 1.807) is 24.1 Å². The summed E-state index contributed by atoms with van der Waals surface area (Å²) < 4.78 is 13.2. The summed E-state index contributed by atoms with van der Waals surface area (Å²) in [4.78, 5) is 8.27. The Bertz CT molecular complexity index is 713. The smallest absolute Gasteiger partial charge is 0.191 e. The molecule has 25 heavy (non-hydrogen) atoms. The summed E-state index contributed by atoms with van der Waals surface area (Å²) in [6.45, 7) is 4.76. The van der Waals surface area contributed by atoms with E-state index in [9.17, 15) is 4.39 Å². The Morgan fingerprint density at radius 2 is 2.16 bits per heavy atom. The average Bonchev–Trinajstić information content (AvgIpc) is 3.08. The van der Waals surface area contributed by atoms with E-state index in [4.69, 9.17) is 0 Å². The maximum Gasteiger partial charge on any atom is 0.191 e. The molecule has 0 aliphatic carbocycles. The number of halogens is 1. The number of nitrogens with one attached hydrogen (secondary N) is 2. The Morgan fingerprint density at radius 3 is 3.00 bits per heavy atom. The van der Waals surface area contributed by atoms with Crippen LogP contribution in [-0.2, 0) is 19.4 Å². The van der Waals surface area contributed by atoms with Gasteiger partial charge in [0.05, 0.1) is 0 Å². The van der Waals surface area contributed by atoms with E-state index in [-0.39, 0.29) is 5.82 Å². The Labute approximate surface area is 152 Å². The van der Waals surface area contributed by atoms with Gasteiger partial charge in [-0.05, 0) is 47.5 Å². The summed E-state index contributed by atoms with van der Waals surface area (Å²) in [5.74, 6) is 0.611. The molecular weight excluding hydrogens is 335 g/mol. The molecule has 1 aromatic heterocycles. The van der Waals surface area contributed by atoms with Crippen molar-refractivity contribution in [2.45, 2.75) is 19.4 Å². The number of rotatable bonds is 6. The van der Waals surface area contributed by atoms with Crippen molar-refractivity contribution in [3.8, 4) is 0 Å². The van der Waals surface area contributed by atoms with Crippen LogP contribution in [0.2, 0.25) is 0 Å². The second-order valence-electron chi connectivity index (χ2n) is 6.20. The zero-order chi connectivity index (χ0) is 17.5. The lowest BCUT2D eigenvalue weighted by Crippen LogP contribution is -2.43. The molecule has 2 N–H and O–H groups in total. The highest BCUT2D eigenvalue weighted by atomic mass is 32.1. The fraction of sp³-hybridized carbons (Fsp3) is 0.421. The van der Waals surface area contributed by atoms with Crippen molar-refractivity contribution < 1.29 is 4.39 Å². The largest absolute Gasteiger partial charge is 0.356 e. The Morgan fingerprint density at radius 1 is 1.28 bits per heavy atom. The molecule has 3 rings (SSSR count). The van der Waals surface area contributed by atoms with Crippen LogP contribution >= 0.6 is 11.3 Å². The molecule has 0 unspecified atom stereocenters. The highest BCUT2D eigenvalue weighted by Gasteiger charge is 2.16. The topological polar surface area (TPSA) is 39.7 Å². The number of fused-ring (bicyclic) bond motifs is 1. The minimum atomic E-state index is -0.185. The number of guanidine groups is 1. The molecule has 1 aromatic carbocycles. The molecule has 134 valence electrons. The van der Waals surface area contributed by atoms with E-state index in [1.807, 2.05) is 17.4 Å². The van der Waals surface area contributed by atoms with Crippen LogP contribution in [0.1, 0.15) is 16.0 Å². The normalized spacial score (nSPS) is 15.0. The summed E-state index contributed by atoms with van der Waals surface area (Å²) in [5.41, 5.74) is 2.47. The fourth-order valence-corrected chi connectivity index (χ4v) is 3.96. The van der Waals surface area contributed by atoms with Gasteiger partial charge in [0.2, 0.25) is 0 Å². The van der Waals surface area contributed by atoms with E-state index in [1.165, 1.54) is 11.6 Å². The second kappa shape index (κ2) is 8.97. The lowest BCUT2D eigenvalue weighted by Gasteiger charge is -2.27. The van der Waals surface area contributed by atoms with E-state index in [0.717, 1.165) is 57.1 Å². The molecule has 1 aliphatic rings. The Kier molecular flexibility index (Phi) is 6.42. The SMILES string of the molecule is CN=C(NCCc1cccc(F)c1)NCCN1CCc2sccc2C1. The molecule has 0 spiro atoms. The first kappa shape index (κ1) is 17.9. The Hall–Kier alpha value is -1.92. The van der Waals surface area contributed by atoms with Crippen LogP contribution in [0.15, 0.2) is 40.7 Å². The van der Waals surface area contributed by atoms with Gasteiger partial charge in [-0.3, -0.25) is 9.89 Å². The third-order valence-electron chi connectivity index (χ3n) is 4.43. The van der Waals surface area contributed by atoms with Crippen LogP contribution < -0.4 is 10.6 Å². The quantitative estimate of drug-likeness (QED) is 0.615. The lowest BCUT2D eigenvalue weighted by atomic mass is 10.1. The summed E-state index contributed by atoms with van der Waals surface area (Å²) >= 11 is 1.87. The molecule has 2 aromatic rings. The summed E-state index contributed by atoms with van der Waals surface area (Å²) in [7, 11) is 1.77. The molecule has 0 bridgehead atoms. The molecule has 0 saturated carbocycles. The molecule has 6 heteroatoms. The van der Waals surface area contributed by atoms with Crippen molar-refractivity contribution in [2.75, 3.05) is 33.2 Å². The molecular formula is C19H25FN4S. The van der Waals surface area contributed by atoms with Gasteiger partial charge in [0.25, 0.3) is 0 Å². The predicted octanol–water partition coefficient (Wildman–Crippen LogP) is 2.65. The minimum Gasteiger partial charge on any atom is -0.356 e. The standard InChI is InChI=1S/C19H25FN4S/c1-21-19(22-8-5-15-3-2-4-17(20)13-15)23-9-11-24-10-6-18-16(14-24)7-12-25-18/h2-4,7,12-13H,5-6,8-11,14H2,1H3,(H2,21,22,23). The number of nitrogens with zero attached hydrogens (tertiary/aromatic N) is 2. The first-order valence-corrected chi connectivity index (χ1v) is 9.59. The molecule has 1 aliphatic heterocycles. The van der Waals surface area contributed by atoms with Crippen molar-refractivity contribution in [3.63, 3.8) is 0 Å². The van der Waals surface area contributed by atoms with E-state index in [0.29, 0.717) is 0 Å². The van der Waals surface area contributed by atoms with Crippen molar-refractivity contribution in [1.29, 1.82) is 0 Å². The van der Waals surface area contributed by atoms with Gasteiger partial charge in [0.15, 0.2) is 5.96 Å². The molecule has 0 fully saturated rings. The molecule has 2 heterocycles. The van der Waals surface area contributed by atoms with Gasteiger partial charge < -0.3 is 10.6 Å². The summed E-state index contributed by atoms with van der Waals surface area (Å²) in [5, 5.41) is 8.84. The van der Waals surface area contributed by atoms with E-state index < -0.39 is 0 Å². The van der Waals surface area contributed by atoms with E-state index >= 15 is 0 Å². The summed E-state index contributed by atoms with van der Waals surface area (Å²) in [6, 6.07) is 8.97. The van der Waals surface area contributed by atoms with E-state index in [2.05, 4.69) is 32.0 Å². The van der Waals surface area contributed by atoms with Crippen LogP contribution in [0.4, 0.5) is 4.39 Å². The van der Waals surface area contributed by atoms with Gasteiger partial charge in [-0.15, -0.1) is 11.3 Å². The highest BCUT2D eigenvalue weighted by Crippen LogP contribution is 2.23. The zero-order valence-electron chi connectivity index (χ0n) is 14.6. The third kappa shape index (κ3) is 5.28. The second-order valence-corrected chi connectivity index (χ2v) is 7.20. The summed E-state index contributed by atoms with van der Waals surface area (Å²) in [6.07, 6.45) is 1.93. The highest BCUT2D eigenvalue weighted by molar-refractivity contribution is 7.10. The van der Waals surface area contributed by atoms with Gasteiger partial charge in [-0.25, -0.2) is 4.39 Å². The van der Waals surface area contributed by atoms with Gasteiger partial charge >= 0.3 is 0 Å². The fourth-order valence-electron chi connectivity index (χ4n) is 3.07. The third-order valence-corrected chi connectivity index (χ3v) is 5.45. The predicted molar refractivity (Wildman–Crippen MR) is 103 cm³/mol. The maximum absolute atomic E-state index is 13.2. The van der Waals surface area contributed by atoms with Gasteiger partial charge in [0.1, 0.15) is 5.82 Å². The monoisotopic (exact) mass is 360 g/mol. The van der Waals surface area contributed by atoms with Crippen molar-refractivity contribution in [3.05, 3.63) is 57.5 Å². The van der Waals surface area contributed by atoms with Crippen LogP contribution in [0.25, 0.3) is 0 Å². The first-order chi connectivity index (χ1) is 12.2. The Balaban J connectivity index is 1.35. The van der Waals surface area contributed by atoms with Crippen LogP contribution in [-0.4, -0.2) is 44.1 Å². The number of thiophene rings is 1. The van der Waals surface area contributed by atoms with Crippen molar-refractivity contribution in [1.82, 2.24) is 15.5 Å². The molecule has 0 atom stereocenters. The first-order valence-electron chi connectivity index (χ1n) is 8.71. The van der Waals surface area contributed by atoms with Crippen LogP contribution in [0.3, 0.4) is 0 Å². The minimum absolute atomic E-state index is 0.185. The number of hydrogen-bond acceptors (Lipinski definition) is 3. The molecule has 4 nitrogen and oxygen atoms in total. The molecule has 0 saturated heterocycles. The number of aliphatic imine (C=N–C) groups is 1. The molecule has 0 radical (unpaired) electrons. The van der Waals surface area contributed by atoms with Gasteiger partial charge in [-0.2, -0.15) is 0 Å². The number of hydrogen-bond donors (Lipinski definition) is 2. The maximum atomic E-state index is 13.2. The molecule has 0 amide bonds. The zero-order valence-corrected chi connectivity index (χ0v) is 15.4. The van der Waals surface area contributed by atoms with Crippen molar-refractivity contribution in [2.24, 2.45) is 4.99 Å². The van der Waals surface area contributed by atoms with Gasteiger partial charge in [-0.1, -0.05) is 12.1 Å². The number of benzene rings is 1. The van der Waals surface area contributed by atoms with Crippen LogP contribution in [0.5, 0.6) is 0 Å². The lowest BCUT2D eigenvalue weighted by molar-refractivity contribution is 0.260.